The summed E-state index contributed by atoms with van der Waals surface area (Å²) in [6, 6.07) is 12.7. The molecule has 0 heterocycles. The van der Waals surface area contributed by atoms with Crippen LogP contribution in [0.15, 0.2) is 46.9 Å². The first-order valence-electron chi connectivity index (χ1n) is 6.94. The summed E-state index contributed by atoms with van der Waals surface area (Å²) >= 11 is 3.14. The van der Waals surface area contributed by atoms with E-state index in [1.807, 2.05) is 24.3 Å². The summed E-state index contributed by atoms with van der Waals surface area (Å²) in [5.74, 6) is 0.177. The summed E-state index contributed by atoms with van der Waals surface area (Å²) in [5.41, 5.74) is 2.88. The summed E-state index contributed by atoms with van der Waals surface area (Å²) in [6.45, 7) is 4.65. The highest BCUT2D eigenvalue weighted by Crippen LogP contribution is 2.22. The second-order valence-electron chi connectivity index (χ2n) is 5.35. The number of halogens is 2. The van der Waals surface area contributed by atoms with Gasteiger partial charge in [-0.15, -0.1) is 0 Å². The van der Waals surface area contributed by atoms with Gasteiger partial charge in [-0.3, -0.25) is 0 Å². The van der Waals surface area contributed by atoms with Gasteiger partial charge in [0.25, 0.3) is 0 Å². The first-order valence-corrected chi connectivity index (χ1v) is 7.73. The minimum Gasteiger partial charge on any atom is -0.387 e. The fourth-order valence-corrected chi connectivity index (χ4v) is 2.42. The molecule has 2 rings (SSSR count). The quantitative estimate of drug-likeness (QED) is 0.806. The molecular formula is C17H19BrFNO. The maximum atomic E-state index is 13.1. The van der Waals surface area contributed by atoms with E-state index < -0.39 is 6.10 Å². The van der Waals surface area contributed by atoms with Gasteiger partial charge in [-0.05, 0) is 51.2 Å². The zero-order valence-electron chi connectivity index (χ0n) is 12.1. The molecule has 0 saturated heterocycles. The monoisotopic (exact) mass is 351 g/mol. The van der Waals surface area contributed by atoms with Crippen LogP contribution < -0.4 is 5.32 Å². The van der Waals surface area contributed by atoms with E-state index in [2.05, 4.69) is 35.1 Å². The van der Waals surface area contributed by atoms with Gasteiger partial charge in [-0.1, -0.05) is 38.1 Å². The van der Waals surface area contributed by atoms with E-state index in [0.29, 0.717) is 16.9 Å². The molecule has 21 heavy (non-hydrogen) atoms. The molecular weight excluding hydrogens is 333 g/mol. The largest absolute Gasteiger partial charge is 0.387 e. The van der Waals surface area contributed by atoms with Crippen LogP contribution in [-0.2, 0) is 0 Å². The smallest absolute Gasteiger partial charge is 0.137 e. The van der Waals surface area contributed by atoms with Gasteiger partial charge in [0.05, 0.1) is 10.6 Å². The Morgan fingerprint density at radius 1 is 1.10 bits per heavy atom. The van der Waals surface area contributed by atoms with E-state index in [4.69, 9.17) is 0 Å². The number of benzene rings is 2. The molecule has 0 spiro atoms. The molecule has 0 radical (unpaired) electrons. The molecule has 1 atom stereocenters. The van der Waals surface area contributed by atoms with Crippen LogP contribution in [-0.4, -0.2) is 11.7 Å². The summed E-state index contributed by atoms with van der Waals surface area (Å²) < 4.78 is 13.5. The van der Waals surface area contributed by atoms with Crippen molar-refractivity contribution in [2.45, 2.75) is 25.9 Å². The lowest BCUT2D eigenvalue weighted by molar-refractivity contribution is 0.191. The third kappa shape index (κ3) is 4.29. The Labute approximate surface area is 133 Å². The lowest BCUT2D eigenvalue weighted by Gasteiger charge is -2.14. The van der Waals surface area contributed by atoms with E-state index in [9.17, 15) is 9.50 Å². The average Bonchev–Trinajstić information content (AvgIpc) is 2.48. The van der Waals surface area contributed by atoms with Crippen molar-refractivity contribution in [2.75, 3.05) is 11.9 Å². The Morgan fingerprint density at radius 3 is 2.29 bits per heavy atom. The minimum absolute atomic E-state index is 0.301. The Balaban J connectivity index is 1.97. The Kier molecular flexibility index (Phi) is 5.37. The van der Waals surface area contributed by atoms with E-state index >= 15 is 0 Å². The highest BCUT2D eigenvalue weighted by molar-refractivity contribution is 9.10. The van der Waals surface area contributed by atoms with Crippen molar-refractivity contribution in [1.82, 2.24) is 0 Å². The Morgan fingerprint density at radius 2 is 1.71 bits per heavy atom. The summed E-state index contributed by atoms with van der Waals surface area (Å²) in [5, 5.41) is 13.3. The summed E-state index contributed by atoms with van der Waals surface area (Å²) in [7, 11) is 0. The zero-order valence-corrected chi connectivity index (χ0v) is 13.7. The third-order valence-corrected chi connectivity index (χ3v) is 4.01. The molecule has 2 aromatic carbocycles. The van der Waals surface area contributed by atoms with Crippen LogP contribution >= 0.6 is 15.9 Å². The van der Waals surface area contributed by atoms with E-state index in [0.717, 1.165) is 11.3 Å². The van der Waals surface area contributed by atoms with E-state index in [1.165, 1.54) is 11.6 Å². The van der Waals surface area contributed by atoms with Crippen molar-refractivity contribution < 1.29 is 9.50 Å². The van der Waals surface area contributed by atoms with Crippen LogP contribution in [0.25, 0.3) is 0 Å². The second kappa shape index (κ2) is 7.05. The van der Waals surface area contributed by atoms with Gasteiger partial charge < -0.3 is 10.4 Å². The lowest BCUT2D eigenvalue weighted by atomic mass is 10.00. The van der Waals surface area contributed by atoms with E-state index in [1.54, 1.807) is 12.1 Å². The van der Waals surface area contributed by atoms with Gasteiger partial charge in [0.1, 0.15) is 5.82 Å². The zero-order chi connectivity index (χ0) is 15.4. The SMILES string of the molecule is CC(C)c1ccc(C(O)CNc2ccc(F)c(Br)c2)cc1. The number of nitrogens with one attached hydrogen (secondary N) is 1. The number of hydrogen-bond donors (Lipinski definition) is 2. The van der Waals surface area contributed by atoms with Crippen LogP contribution in [0.2, 0.25) is 0 Å². The van der Waals surface area contributed by atoms with Crippen LogP contribution in [0.5, 0.6) is 0 Å². The minimum atomic E-state index is -0.602. The molecule has 0 aliphatic carbocycles. The van der Waals surface area contributed by atoms with Crippen LogP contribution in [0, 0.1) is 5.82 Å². The number of hydrogen-bond acceptors (Lipinski definition) is 2. The highest BCUT2D eigenvalue weighted by Gasteiger charge is 2.09. The van der Waals surface area contributed by atoms with Crippen molar-refractivity contribution in [3.8, 4) is 0 Å². The predicted octanol–water partition coefficient (Wildman–Crippen LogP) is 4.86. The van der Waals surface area contributed by atoms with Crippen molar-refractivity contribution >= 4 is 21.6 Å². The van der Waals surface area contributed by atoms with Crippen LogP contribution in [0.4, 0.5) is 10.1 Å². The summed E-state index contributed by atoms with van der Waals surface area (Å²) in [4.78, 5) is 0. The standard InChI is InChI=1S/C17H19BrFNO/c1-11(2)12-3-5-13(6-4-12)17(21)10-20-14-7-8-16(19)15(18)9-14/h3-9,11,17,20-21H,10H2,1-2H3. The maximum absolute atomic E-state index is 13.1. The van der Waals surface area contributed by atoms with Crippen molar-refractivity contribution in [3.05, 3.63) is 63.9 Å². The lowest BCUT2D eigenvalue weighted by Crippen LogP contribution is -2.12. The molecule has 0 aromatic heterocycles. The molecule has 0 amide bonds. The number of aliphatic hydroxyl groups excluding tert-OH is 1. The normalized spacial score (nSPS) is 12.5. The second-order valence-corrected chi connectivity index (χ2v) is 6.20. The van der Waals surface area contributed by atoms with Gasteiger partial charge in [-0.25, -0.2) is 4.39 Å². The molecule has 1 unspecified atom stereocenters. The van der Waals surface area contributed by atoms with Gasteiger partial charge in [0.15, 0.2) is 0 Å². The Hall–Kier alpha value is -1.39. The topological polar surface area (TPSA) is 32.3 Å². The van der Waals surface area contributed by atoms with Crippen LogP contribution in [0.3, 0.4) is 0 Å². The molecule has 2 nitrogen and oxygen atoms in total. The molecule has 2 aromatic rings. The fourth-order valence-electron chi connectivity index (χ4n) is 2.04. The summed E-state index contributed by atoms with van der Waals surface area (Å²) in [6.07, 6.45) is -0.602. The van der Waals surface area contributed by atoms with Crippen molar-refractivity contribution in [1.29, 1.82) is 0 Å². The van der Waals surface area contributed by atoms with Gasteiger partial charge in [-0.2, -0.15) is 0 Å². The third-order valence-electron chi connectivity index (χ3n) is 3.41. The van der Waals surface area contributed by atoms with Crippen LogP contribution in [0.1, 0.15) is 37.0 Å². The molecule has 0 saturated carbocycles. The molecule has 112 valence electrons. The first kappa shape index (κ1) is 16.0. The van der Waals surface area contributed by atoms with Crippen molar-refractivity contribution in [3.63, 3.8) is 0 Å². The van der Waals surface area contributed by atoms with Gasteiger partial charge in [0.2, 0.25) is 0 Å². The van der Waals surface area contributed by atoms with Gasteiger partial charge >= 0.3 is 0 Å². The number of rotatable bonds is 5. The molecule has 4 heteroatoms. The molecule has 0 bridgehead atoms. The van der Waals surface area contributed by atoms with Gasteiger partial charge in [0, 0.05) is 12.2 Å². The molecule has 0 aliphatic rings. The van der Waals surface area contributed by atoms with E-state index in [-0.39, 0.29) is 5.82 Å². The fraction of sp³-hybridized carbons (Fsp3) is 0.294. The maximum Gasteiger partial charge on any atom is 0.137 e. The predicted molar refractivity (Wildman–Crippen MR) is 88.1 cm³/mol. The molecule has 2 N–H and O–H groups in total. The molecule has 0 aliphatic heterocycles. The highest BCUT2D eigenvalue weighted by atomic mass is 79.9. The number of anilines is 1. The number of aliphatic hydroxyl groups is 1. The average molecular weight is 352 g/mol. The van der Waals surface area contributed by atoms with Crippen molar-refractivity contribution in [2.24, 2.45) is 0 Å². The molecule has 0 fully saturated rings. The Bertz CT molecular complexity index is 598. The first-order chi connectivity index (χ1) is 9.97.